The second kappa shape index (κ2) is 6.00. The topological polar surface area (TPSA) is 21.3 Å². The molecule has 1 fully saturated rings. The van der Waals surface area contributed by atoms with Crippen molar-refractivity contribution >= 4 is 11.6 Å². The number of hydrogen-bond acceptors (Lipinski definition) is 2. The van der Waals surface area contributed by atoms with E-state index in [1.807, 2.05) is 12.1 Å². The molecule has 21 heavy (non-hydrogen) atoms. The standard InChI is InChI=1S/C16H14ClF2NO/c17-13-3-1-2-10(9-20-12-5-6-12)16(13)21-15-7-4-11(18)8-14(15)19/h1-4,7-8,12,20H,5-6,9H2. The van der Waals surface area contributed by atoms with Crippen molar-refractivity contribution in [2.75, 3.05) is 0 Å². The summed E-state index contributed by atoms with van der Waals surface area (Å²) in [5, 5.41) is 3.75. The summed E-state index contributed by atoms with van der Waals surface area (Å²) in [7, 11) is 0. The molecule has 5 heteroatoms. The van der Waals surface area contributed by atoms with E-state index < -0.39 is 11.6 Å². The molecule has 110 valence electrons. The molecule has 2 aromatic rings. The summed E-state index contributed by atoms with van der Waals surface area (Å²) in [6, 6.07) is 9.11. The molecule has 2 aromatic carbocycles. The summed E-state index contributed by atoms with van der Waals surface area (Å²) >= 11 is 6.14. The molecule has 2 nitrogen and oxygen atoms in total. The van der Waals surface area contributed by atoms with Crippen LogP contribution in [0.1, 0.15) is 18.4 Å². The van der Waals surface area contributed by atoms with Gasteiger partial charge in [0.1, 0.15) is 5.82 Å². The Kier molecular flexibility index (Phi) is 4.08. The van der Waals surface area contributed by atoms with Crippen molar-refractivity contribution in [2.45, 2.75) is 25.4 Å². The first-order valence-corrected chi connectivity index (χ1v) is 7.15. The first kappa shape index (κ1) is 14.3. The number of benzene rings is 2. The molecule has 0 amide bonds. The second-order valence-corrected chi connectivity index (χ2v) is 5.47. The lowest BCUT2D eigenvalue weighted by Crippen LogP contribution is -2.15. The number of hydrogen-bond donors (Lipinski definition) is 1. The van der Waals surface area contributed by atoms with Crippen LogP contribution < -0.4 is 10.1 Å². The Morgan fingerprint density at radius 1 is 1.19 bits per heavy atom. The predicted octanol–water partition coefficient (Wildman–Crippen LogP) is 4.66. The van der Waals surface area contributed by atoms with Crippen LogP contribution in [0.3, 0.4) is 0 Å². The molecule has 1 aliphatic carbocycles. The van der Waals surface area contributed by atoms with Gasteiger partial charge in [-0.25, -0.2) is 8.78 Å². The van der Waals surface area contributed by atoms with E-state index >= 15 is 0 Å². The van der Waals surface area contributed by atoms with Gasteiger partial charge in [0.15, 0.2) is 17.3 Å². The van der Waals surface area contributed by atoms with Crippen LogP contribution in [0.2, 0.25) is 5.02 Å². The number of nitrogens with one attached hydrogen (secondary N) is 1. The van der Waals surface area contributed by atoms with E-state index in [9.17, 15) is 8.78 Å². The Balaban J connectivity index is 1.85. The summed E-state index contributed by atoms with van der Waals surface area (Å²) < 4.78 is 32.2. The summed E-state index contributed by atoms with van der Waals surface area (Å²) in [5.74, 6) is -1.04. The minimum absolute atomic E-state index is 0.0443. The Labute approximate surface area is 126 Å². The van der Waals surface area contributed by atoms with Crippen molar-refractivity contribution in [1.82, 2.24) is 5.32 Å². The molecule has 0 aromatic heterocycles. The lowest BCUT2D eigenvalue weighted by molar-refractivity contribution is 0.431. The van der Waals surface area contributed by atoms with E-state index in [4.69, 9.17) is 16.3 Å². The monoisotopic (exact) mass is 309 g/mol. The van der Waals surface area contributed by atoms with E-state index in [1.165, 1.54) is 18.9 Å². The zero-order chi connectivity index (χ0) is 14.8. The third-order valence-electron chi connectivity index (χ3n) is 3.31. The number of ether oxygens (including phenoxy) is 1. The van der Waals surface area contributed by atoms with Crippen molar-refractivity contribution in [3.05, 3.63) is 58.6 Å². The van der Waals surface area contributed by atoms with Crippen LogP contribution in [0, 0.1) is 11.6 Å². The highest BCUT2D eigenvalue weighted by molar-refractivity contribution is 6.32. The average molecular weight is 310 g/mol. The lowest BCUT2D eigenvalue weighted by Gasteiger charge is -2.14. The van der Waals surface area contributed by atoms with Gasteiger partial charge in [0.25, 0.3) is 0 Å². The minimum Gasteiger partial charge on any atom is -0.452 e. The van der Waals surface area contributed by atoms with Gasteiger partial charge in [-0.05, 0) is 31.0 Å². The zero-order valence-corrected chi connectivity index (χ0v) is 12.0. The van der Waals surface area contributed by atoms with Crippen molar-refractivity contribution in [2.24, 2.45) is 0 Å². The van der Waals surface area contributed by atoms with Crippen molar-refractivity contribution < 1.29 is 13.5 Å². The maximum absolute atomic E-state index is 13.7. The fourth-order valence-electron chi connectivity index (χ4n) is 2.02. The fraction of sp³-hybridized carbons (Fsp3) is 0.250. The molecule has 0 aliphatic heterocycles. The van der Waals surface area contributed by atoms with Gasteiger partial charge in [0, 0.05) is 24.2 Å². The Morgan fingerprint density at radius 2 is 2.00 bits per heavy atom. The third kappa shape index (κ3) is 3.52. The van der Waals surface area contributed by atoms with Crippen molar-refractivity contribution in [1.29, 1.82) is 0 Å². The predicted molar refractivity (Wildman–Crippen MR) is 77.7 cm³/mol. The molecule has 0 spiro atoms. The van der Waals surface area contributed by atoms with Crippen molar-refractivity contribution in [3.8, 4) is 11.5 Å². The molecule has 1 saturated carbocycles. The van der Waals surface area contributed by atoms with E-state index in [0.717, 1.165) is 17.7 Å². The minimum atomic E-state index is -0.754. The van der Waals surface area contributed by atoms with Gasteiger partial charge in [-0.2, -0.15) is 0 Å². The highest BCUT2D eigenvalue weighted by atomic mass is 35.5. The lowest BCUT2D eigenvalue weighted by atomic mass is 10.2. The molecule has 1 aliphatic rings. The van der Waals surface area contributed by atoms with Crippen LogP contribution in [-0.2, 0) is 6.54 Å². The first-order chi connectivity index (χ1) is 10.1. The molecule has 0 bridgehead atoms. The van der Waals surface area contributed by atoms with Gasteiger partial charge in [-0.1, -0.05) is 23.7 Å². The summed E-state index contributed by atoms with van der Waals surface area (Å²) in [6.07, 6.45) is 2.34. The normalized spacial score (nSPS) is 14.2. The van der Waals surface area contributed by atoms with Gasteiger partial charge in [0.05, 0.1) is 5.02 Å². The Hall–Kier alpha value is -1.65. The molecule has 0 atom stereocenters. The second-order valence-electron chi connectivity index (χ2n) is 5.06. The SMILES string of the molecule is Fc1ccc(Oc2c(Cl)cccc2CNC2CC2)c(F)c1. The molecule has 0 radical (unpaired) electrons. The van der Waals surface area contributed by atoms with Crippen LogP contribution in [-0.4, -0.2) is 6.04 Å². The largest absolute Gasteiger partial charge is 0.452 e. The van der Waals surface area contributed by atoms with Crippen molar-refractivity contribution in [3.63, 3.8) is 0 Å². The quantitative estimate of drug-likeness (QED) is 0.867. The highest BCUT2D eigenvalue weighted by Gasteiger charge is 2.21. The molecule has 3 rings (SSSR count). The first-order valence-electron chi connectivity index (χ1n) is 6.77. The smallest absolute Gasteiger partial charge is 0.168 e. The maximum Gasteiger partial charge on any atom is 0.168 e. The van der Waals surface area contributed by atoms with Crippen LogP contribution in [0.5, 0.6) is 11.5 Å². The number of para-hydroxylation sites is 1. The molecule has 0 heterocycles. The summed E-state index contributed by atoms with van der Waals surface area (Å²) in [6.45, 7) is 0.601. The number of rotatable bonds is 5. The van der Waals surface area contributed by atoms with Crippen LogP contribution in [0.25, 0.3) is 0 Å². The van der Waals surface area contributed by atoms with E-state index in [2.05, 4.69) is 5.32 Å². The summed E-state index contributed by atoms with van der Waals surface area (Å²) in [4.78, 5) is 0. The van der Waals surface area contributed by atoms with Crippen LogP contribution >= 0.6 is 11.6 Å². The van der Waals surface area contributed by atoms with Gasteiger partial charge < -0.3 is 10.1 Å². The van der Waals surface area contributed by atoms with E-state index in [1.54, 1.807) is 6.07 Å². The Morgan fingerprint density at radius 3 is 2.71 bits per heavy atom. The molecular formula is C16H14ClF2NO. The third-order valence-corrected chi connectivity index (χ3v) is 3.61. The fourth-order valence-corrected chi connectivity index (χ4v) is 2.25. The average Bonchev–Trinajstić information content (AvgIpc) is 3.26. The van der Waals surface area contributed by atoms with Gasteiger partial charge in [-0.3, -0.25) is 0 Å². The van der Waals surface area contributed by atoms with E-state index in [-0.39, 0.29) is 5.75 Å². The van der Waals surface area contributed by atoms with Gasteiger partial charge >= 0.3 is 0 Å². The molecule has 1 N–H and O–H groups in total. The zero-order valence-electron chi connectivity index (χ0n) is 11.2. The maximum atomic E-state index is 13.7. The van der Waals surface area contributed by atoms with Crippen LogP contribution in [0.4, 0.5) is 8.78 Å². The molecule has 0 saturated heterocycles. The Bertz CT molecular complexity index is 659. The molecular weight excluding hydrogens is 296 g/mol. The molecule has 0 unspecified atom stereocenters. The number of halogens is 3. The highest BCUT2D eigenvalue weighted by Crippen LogP contribution is 2.34. The van der Waals surface area contributed by atoms with Crippen LogP contribution in [0.15, 0.2) is 36.4 Å². The van der Waals surface area contributed by atoms with Gasteiger partial charge in [-0.15, -0.1) is 0 Å². The van der Waals surface area contributed by atoms with E-state index in [0.29, 0.717) is 23.4 Å². The summed E-state index contributed by atoms with van der Waals surface area (Å²) in [5.41, 5.74) is 0.845. The van der Waals surface area contributed by atoms with Gasteiger partial charge in [0.2, 0.25) is 0 Å².